The molecular weight excluding hydrogens is 268 g/mol. The molecule has 3 rings (SSSR count). The van der Waals surface area contributed by atoms with E-state index in [0.29, 0.717) is 22.5 Å². The normalized spacial score (nSPS) is 18.2. The fraction of sp³-hybridized carbons (Fsp3) is 0.267. The first-order chi connectivity index (χ1) is 9.74. The first kappa shape index (κ1) is 13.0. The highest BCUT2D eigenvalue weighted by molar-refractivity contribution is 7.80. The zero-order valence-corrected chi connectivity index (χ0v) is 11.9. The molecule has 0 aliphatic carbocycles. The van der Waals surface area contributed by atoms with E-state index >= 15 is 0 Å². The third kappa shape index (κ3) is 2.63. The van der Waals surface area contributed by atoms with Gasteiger partial charge < -0.3 is 10.6 Å². The largest absolute Gasteiger partial charge is 0.388 e. The number of nitrogens with zero attached hydrogens (tertiary/aromatic N) is 3. The van der Waals surface area contributed by atoms with Gasteiger partial charge in [-0.25, -0.2) is 9.97 Å². The number of benzene rings is 1. The molecule has 1 aliphatic rings. The maximum absolute atomic E-state index is 5.62. The molecule has 1 saturated heterocycles. The second-order valence-electron chi connectivity index (χ2n) is 4.95. The Hall–Kier alpha value is -2.01. The summed E-state index contributed by atoms with van der Waals surface area (Å²) in [6, 6.07) is 12.3. The van der Waals surface area contributed by atoms with E-state index in [1.807, 2.05) is 6.07 Å². The van der Waals surface area contributed by atoms with Gasteiger partial charge in [0.25, 0.3) is 0 Å². The van der Waals surface area contributed by atoms with Crippen LogP contribution in [0, 0.1) is 0 Å². The second-order valence-corrected chi connectivity index (χ2v) is 5.39. The molecular formula is C15H16N4S. The summed E-state index contributed by atoms with van der Waals surface area (Å²) in [6.45, 7) is 1.89. The summed E-state index contributed by atoms with van der Waals surface area (Å²) in [4.78, 5) is 11.3. The van der Waals surface area contributed by atoms with Crippen LogP contribution in [-0.4, -0.2) is 28.0 Å². The fourth-order valence-corrected chi connectivity index (χ4v) is 2.69. The van der Waals surface area contributed by atoms with Gasteiger partial charge in [0.05, 0.1) is 0 Å². The minimum Gasteiger partial charge on any atom is -0.388 e. The standard InChI is InChI=1S/C15H16N4S/c16-14(20)13-6-8-17-15(18-13)19-9-7-12(10-19)11-4-2-1-3-5-11/h1-6,8,12H,7,9-10H2,(H2,16,20). The van der Waals surface area contributed by atoms with E-state index in [-0.39, 0.29) is 0 Å². The molecule has 1 aromatic carbocycles. The van der Waals surface area contributed by atoms with Crippen LogP contribution in [0.2, 0.25) is 0 Å². The van der Waals surface area contributed by atoms with Gasteiger partial charge in [0.15, 0.2) is 0 Å². The molecule has 0 spiro atoms. The number of hydrogen-bond donors (Lipinski definition) is 1. The summed E-state index contributed by atoms with van der Waals surface area (Å²) in [5.41, 5.74) is 7.63. The van der Waals surface area contributed by atoms with Crippen molar-refractivity contribution in [2.45, 2.75) is 12.3 Å². The van der Waals surface area contributed by atoms with E-state index in [4.69, 9.17) is 18.0 Å². The van der Waals surface area contributed by atoms with E-state index < -0.39 is 0 Å². The summed E-state index contributed by atoms with van der Waals surface area (Å²) in [7, 11) is 0. The van der Waals surface area contributed by atoms with Crippen molar-refractivity contribution < 1.29 is 0 Å². The van der Waals surface area contributed by atoms with Crippen molar-refractivity contribution in [1.29, 1.82) is 0 Å². The van der Waals surface area contributed by atoms with Gasteiger partial charge in [0.1, 0.15) is 10.7 Å². The van der Waals surface area contributed by atoms with Gasteiger partial charge in [-0.05, 0) is 18.1 Å². The molecule has 1 aromatic heterocycles. The molecule has 20 heavy (non-hydrogen) atoms. The molecule has 1 atom stereocenters. The minimum atomic E-state index is 0.312. The molecule has 2 N–H and O–H groups in total. The van der Waals surface area contributed by atoms with E-state index in [0.717, 1.165) is 19.5 Å². The fourth-order valence-electron chi connectivity index (χ4n) is 2.58. The SMILES string of the molecule is NC(=S)c1ccnc(N2CCC(c3ccccc3)C2)n1. The maximum atomic E-state index is 5.62. The van der Waals surface area contributed by atoms with Crippen molar-refractivity contribution in [3.8, 4) is 0 Å². The minimum absolute atomic E-state index is 0.312. The maximum Gasteiger partial charge on any atom is 0.225 e. The molecule has 1 unspecified atom stereocenters. The van der Waals surface area contributed by atoms with E-state index in [1.165, 1.54) is 5.56 Å². The van der Waals surface area contributed by atoms with Crippen LogP contribution >= 0.6 is 12.2 Å². The number of anilines is 1. The average molecular weight is 284 g/mol. The van der Waals surface area contributed by atoms with Gasteiger partial charge in [-0.2, -0.15) is 0 Å². The van der Waals surface area contributed by atoms with Crippen LogP contribution in [0.15, 0.2) is 42.6 Å². The van der Waals surface area contributed by atoms with Crippen molar-refractivity contribution in [1.82, 2.24) is 9.97 Å². The quantitative estimate of drug-likeness (QED) is 0.875. The van der Waals surface area contributed by atoms with E-state index in [9.17, 15) is 0 Å². The Morgan fingerprint density at radius 3 is 2.80 bits per heavy atom. The molecule has 4 nitrogen and oxygen atoms in total. The van der Waals surface area contributed by atoms with Crippen LogP contribution < -0.4 is 10.6 Å². The Balaban J connectivity index is 1.77. The van der Waals surface area contributed by atoms with Gasteiger partial charge in [0.2, 0.25) is 5.95 Å². The number of thiocarbonyl (C=S) groups is 1. The predicted molar refractivity (Wildman–Crippen MR) is 83.9 cm³/mol. The lowest BCUT2D eigenvalue weighted by Gasteiger charge is -2.16. The van der Waals surface area contributed by atoms with Crippen molar-refractivity contribution in [3.05, 3.63) is 53.9 Å². The van der Waals surface area contributed by atoms with Crippen LogP contribution in [0.25, 0.3) is 0 Å². The summed E-state index contributed by atoms with van der Waals surface area (Å²) in [5.74, 6) is 1.25. The molecule has 0 radical (unpaired) electrons. The van der Waals surface area contributed by atoms with Gasteiger partial charge in [0, 0.05) is 25.2 Å². The highest BCUT2D eigenvalue weighted by Gasteiger charge is 2.25. The predicted octanol–water partition coefficient (Wildman–Crippen LogP) is 2.10. The molecule has 0 saturated carbocycles. The lowest BCUT2D eigenvalue weighted by molar-refractivity contribution is 0.772. The molecule has 1 fully saturated rings. The Labute approximate surface area is 123 Å². The van der Waals surface area contributed by atoms with Crippen LogP contribution in [0.4, 0.5) is 5.95 Å². The topological polar surface area (TPSA) is 55.0 Å². The van der Waals surface area contributed by atoms with Crippen LogP contribution in [0.5, 0.6) is 0 Å². The summed E-state index contributed by atoms with van der Waals surface area (Å²) >= 11 is 4.97. The van der Waals surface area contributed by atoms with Crippen LogP contribution in [0.1, 0.15) is 23.6 Å². The Morgan fingerprint density at radius 1 is 1.25 bits per heavy atom. The summed E-state index contributed by atoms with van der Waals surface area (Å²) < 4.78 is 0. The first-order valence-electron chi connectivity index (χ1n) is 6.67. The van der Waals surface area contributed by atoms with Crippen molar-refractivity contribution in [3.63, 3.8) is 0 Å². The molecule has 5 heteroatoms. The smallest absolute Gasteiger partial charge is 0.225 e. The number of aromatic nitrogens is 2. The molecule has 2 aromatic rings. The van der Waals surface area contributed by atoms with Crippen LogP contribution in [-0.2, 0) is 0 Å². The Kier molecular flexibility index (Phi) is 3.60. The Morgan fingerprint density at radius 2 is 2.05 bits per heavy atom. The van der Waals surface area contributed by atoms with E-state index in [1.54, 1.807) is 12.3 Å². The highest BCUT2D eigenvalue weighted by Crippen LogP contribution is 2.28. The van der Waals surface area contributed by atoms with Gasteiger partial charge in [-0.1, -0.05) is 42.5 Å². The van der Waals surface area contributed by atoms with Gasteiger partial charge in [-0.15, -0.1) is 0 Å². The van der Waals surface area contributed by atoms with Crippen LogP contribution in [0.3, 0.4) is 0 Å². The molecule has 102 valence electrons. The number of hydrogen-bond acceptors (Lipinski definition) is 4. The zero-order chi connectivity index (χ0) is 13.9. The molecule has 0 amide bonds. The molecule has 2 heterocycles. The van der Waals surface area contributed by atoms with Gasteiger partial charge >= 0.3 is 0 Å². The Bertz CT molecular complexity index is 614. The van der Waals surface area contributed by atoms with Crippen molar-refractivity contribution in [2.24, 2.45) is 5.73 Å². The number of nitrogens with two attached hydrogens (primary N) is 1. The lowest BCUT2D eigenvalue weighted by Crippen LogP contribution is -2.23. The van der Waals surface area contributed by atoms with Gasteiger partial charge in [-0.3, -0.25) is 0 Å². The third-order valence-electron chi connectivity index (χ3n) is 3.64. The summed E-state index contributed by atoms with van der Waals surface area (Å²) in [5, 5.41) is 0. The van der Waals surface area contributed by atoms with Crippen molar-refractivity contribution >= 4 is 23.2 Å². The monoisotopic (exact) mass is 284 g/mol. The average Bonchev–Trinajstić information content (AvgIpc) is 2.98. The lowest BCUT2D eigenvalue weighted by atomic mass is 9.99. The second kappa shape index (κ2) is 5.54. The number of rotatable bonds is 3. The van der Waals surface area contributed by atoms with Crippen molar-refractivity contribution in [2.75, 3.05) is 18.0 Å². The summed E-state index contributed by atoms with van der Waals surface area (Å²) in [6.07, 6.45) is 2.83. The zero-order valence-electron chi connectivity index (χ0n) is 11.1. The highest BCUT2D eigenvalue weighted by atomic mass is 32.1. The third-order valence-corrected chi connectivity index (χ3v) is 3.85. The molecule has 1 aliphatic heterocycles. The van der Waals surface area contributed by atoms with E-state index in [2.05, 4.69) is 39.1 Å². The molecule has 0 bridgehead atoms. The first-order valence-corrected chi connectivity index (χ1v) is 7.07.